The van der Waals surface area contributed by atoms with Crippen LogP contribution in [0.5, 0.6) is 0 Å². The molecule has 3 aromatic rings. The van der Waals surface area contributed by atoms with Crippen molar-refractivity contribution >= 4 is 5.91 Å². The molecule has 0 aliphatic carbocycles. The number of benzene rings is 1. The number of rotatable bonds is 6. The van der Waals surface area contributed by atoms with E-state index in [1.807, 2.05) is 42.5 Å². The molecular formula is C18H18N4O2. The number of carbonyl (C=O) groups is 1. The van der Waals surface area contributed by atoms with Gasteiger partial charge in [-0.1, -0.05) is 36.4 Å². The Balaban J connectivity index is 1.66. The summed E-state index contributed by atoms with van der Waals surface area (Å²) >= 11 is 0. The van der Waals surface area contributed by atoms with E-state index < -0.39 is 0 Å². The van der Waals surface area contributed by atoms with Crippen molar-refractivity contribution < 1.29 is 4.79 Å². The van der Waals surface area contributed by atoms with Crippen LogP contribution in [0.15, 0.2) is 65.8 Å². The van der Waals surface area contributed by atoms with Gasteiger partial charge in [0.15, 0.2) is 0 Å². The maximum atomic E-state index is 12.4. The summed E-state index contributed by atoms with van der Waals surface area (Å²) in [6.45, 7) is 0.837. The summed E-state index contributed by atoms with van der Waals surface area (Å²) in [7, 11) is 0. The SMILES string of the molecule is O=C(NCCc1cccnc1)c1c[nH]c(=O)n1Cc1ccccc1. The third-order valence-corrected chi connectivity index (χ3v) is 3.71. The quantitative estimate of drug-likeness (QED) is 0.723. The third kappa shape index (κ3) is 3.78. The minimum absolute atomic E-state index is 0.270. The third-order valence-electron chi connectivity index (χ3n) is 3.71. The average molecular weight is 322 g/mol. The smallest absolute Gasteiger partial charge is 0.326 e. The number of nitrogens with zero attached hydrogens (tertiary/aromatic N) is 2. The highest BCUT2D eigenvalue weighted by Gasteiger charge is 2.14. The van der Waals surface area contributed by atoms with Gasteiger partial charge < -0.3 is 10.3 Å². The maximum Gasteiger partial charge on any atom is 0.326 e. The number of hydrogen-bond acceptors (Lipinski definition) is 3. The molecule has 122 valence electrons. The zero-order valence-electron chi connectivity index (χ0n) is 13.1. The Labute approximate surface area is 139 Å². The second-order valence-corrected chi connectivity index (χ2v) is 5.42. The van der Waals surface area contributed by atoms with E-state index in [4.69, 9.17) is 0 Å². The van der Waals surface area contributed by atoms with Crippen molar-refractivity contribution in [3.63, 3.8) is 0 Å². The minimum atomic E-state index is -0.295. The molecule has 6 heteroatoms. The lowest BCUT2D eigenvalue weighted by atomic mass is 10.2. The molecule has 0 aliphatic heterocycles. The van der Waals surface area contributed by atoms with Crippen molar-refractivity contribution in [3.05, 3.63) is 88.4 Å². The molecule has 0 unspecified atom stereocenters. The lowest BCUT2D eigenvalue weighted by Gasteiger charge is -2.08. The summed E-state index contributed by atoms with van der Waals surface area (Å²) in [5.74, 6) is -0.270. The first-order valence-electron chi connectivity index (χ1n) is 7.73. The number of carbonyl (C=O) groups excluding carboxylic acids is 1. The molecular weight excluding hydrogens is 304 g/mol. The van der Waals surface area contributed by atoms with E-state index in [0.717, 1.165) is 11.1 Å². The van der Waals surface area contributed by atoms with E-state index in [-0.39, 0.29) is 11.6 Å². The van der Waals surface area contributed by atoms with E-state index >= 15 is 0 Å². The molecule has 2 heterocycles. The van der Waals surface area contributed by atoms with Gasteiger partial charge in [0, 0.05) is 25.1 Å². The van der Waals surface area contributed by atoms with E-state index in [1.54, 1.807) is 12.4 Å². The van der Waals surface area contributed by atoms with Crippen LogP contribution in [0.25, 0.3) is 0 Å². The molecule has 0 bridgehead atoms. The lowest BCUT2D eigenvalue weighted by Crippen LogP contribution is -2.30. The summed E-state index contributed by atoms with van der Waals surface area (Å²) in [6.07, 6.45) is 5.62. The highest BCUT2D eigenvalue weighted by molar-refractivity contribution is 5.92. The van der Waals surface area contributed by atoms with Gasteiger partial charge in [0.2, 0.25) is 0 Å². The monoisotopic (exact) mass is 322 g/mol. The van der Waals surface area contributed by atoms with Gasteiger partial charge in [-0.25, -0.2) is 4.79 Å². The fourth-order valence-electron chi connectivity index (χ4n) is 2.46. The van der Waals surface area contributed by atoms with E-state index in [9.17, 15) is 9.59 Å². The molecule has 3 rings (SSSR count). The first kappa shape index (κ1) is 15.7. The molecule has 0 spiro atoms. The standard InChI is InChI=1S/C18H18N4O2/c23-17(20-10-8-14-7-4-9-19-11-14)16-12-21-18(24)22(16)13-15-5-2-1-3-6-15/h1-7,9,11-12H,8,10,13H2,(H,20,23)(H,21,24). The molecule has 24 heavy (non-hydrogen) atoms. The number of aromatic amines is 1. The Morgan fingerprint density at radius 1 is 1.12 bits per heavy atom. The highest BCUT2D eigenvalue weighted by atomic mass is 16.2. The van der Waals surface area contributed by atoms with Crippen LogP contribution < -0.4 is 11.0 Å². The summed E-state index contributed by atoms with van der Waals surface area (Å²) in [5, 5.41) is 2.84. The van der Waals surface area contributed by atoms with Gasteiger partial charge in [-0.15, -0.1) is 0 Å². The maximum absolute atomic E-state index is 12.4. The largest absolute Gasteiger partial charge is 0.350 e. The van der Waals surface area contributed by atoms with Crippen molar-refractivity contribution in [1.82, 2.24) is 19.9 Å². The lowest BCUT2D eigenvalue weighted by molar-refractivity contribution is 0.0945. The Bertz CT molecular complexity index is 853. The second kappa shape index (κ2) is 7.41. The van der Waals surface area contributed by atoms with Crippen LogP contribution in [-0.4, -0.2) is 27.0 Å². The normalized spacial score (nSPS) is 10.5. The molecule has 0 saturated carbocycles. The van der Waals surface area contributed by atoms with Crippen LogP contribution in [0.1, 0.15) is 21.6 Å². The minimum Gasteiger partial charge on any atom is -0.350 e. The summed E-state index contributed by atoms with van der Waals surface area (Å²) in [4.78, 5) is 30.9. The molecule has 2 N–H and O–H groups in total. The summed E-state index contributed by atoms with van der Waals surface area (Å²) in [5.41, 5.74) is 2.04. The van der Waals surface area contributed by atoms with Gasteiger partial charge >= 0.3 is 5.69 Å². The number of aromatic nitrogens is 3. The van der Waals surface area contributed by atoms with Crippen molar-refractivity contribution in [1.29, 1.82) is 0 Å². The molecule has 0 radical (unpaired) electrons. The van der Waals surface area contributed by atoms with E-state index in [2.05, 4.69) is 15.3 Å². The Morgan fingerprint density at radius 3 is 2.67 bits per heavy atom. The molecule has 1 aromatic carbocycles. The van der Waals surface area contributed by atoms with Gasteiger partial charge in [0.05, 0.1) is 6.54 Å². The second-order valence-electron chi connectivity index (χ2n) is 5.42. The van der Waals surface area contributed by atoms with Crippen LogP contribution in [-0.2, 0) is 13.0 Å². The predicted molar refractivity (Wildman–Crippen MR) is 90.9 cm³/mol. The molecule has 6 nitrogen and oxygen atoms in total. The topological polar surface area (TPSA) is 79.8 Å². The number of hydrogen-bond donors (Lipinski definition) is 2. The molecule has 0 aliphatic rings. The Hall–Kier alpha value is -3.15. The Morgan fingerprint density at radius 2 is 1.92 bits per heavy atom. The number of pyridine rings is 1. The van der Waals surface area contributed by atoms with Gasteiger partial charge in [-0.05, 0) is 23.6 Å². The zero-order valence-corrected chi connectivity index (χ0v) is 13.1. The number of nitrogens with one attached hydrogen (secondary N) is 2. The summed E-state index contributed by atoms with van der Waals surface area (Å²) < 4.78 is 1.44. The Kier molecular flexibility index (Phi) is 4.86. The first-order valence-corrected chi connectivity index (χ1v) is 7.73. The average Bonchev–Trinajstić information content (AvgIpc) is 2.97. The highest BCUT2D eigenvalue weighted by Crippen LogP contribution is 2.04. The van der Waals surface area contributed by atoms with Crippen LogP contribution >= 0.6 is 0 Å². The van der Waals surface area contributed by atoms with Crippen molar-refractivity contribution in [2.75, 3.05) is 6.54 Å². The molecule has 2 aromatic heterocycles. The predicted octanol–water partition coefficient (Wildman–Crippen LogP) is 1.59. The van der Waals surface area contributed by atoms with Crippen LogP contribution in [0.3, 0.4) is 0 Å². The van der Waals surface area contributed by atoms with E-state index in [0.29, 0.717) is 25.2 Å². The zero-order chi connectivity index (χ0) is 16.8. The first-order chi connectivity index (χ1) is 11.7. The summed E-state index contributed by atoms with van der Waals surface area (Å²) in [6, 6.07) is 13.4. The molecule has 0 atom stereocenters. The fourth-order valence-corrected chi connectivity index (χ4v) is 2.46. The van der Waals surface area contributed by atoms with Gasteiger partial charge in [0.1, 0.15) is 5.69 Å². The number of H-pyrrole nitrogens is 1. The van der Waals surface area contributed by atoms with Gasteiger partial charge in [0.25, 0.3) is 5.91 Å². The van der Waals surface area contributed by atoms with Crippen molar-refractivity contribution in [3.8, 4) is 0 Å². The van der Waals surface area contributed by atoms with Crippen LogP contribution in [0.4, 0.5) is 0 Å². The van der Waals surface area contributed by atoms with Crippen LogP contribution in [0, 0.1) is 0 Å². The molecule has 0 fully saturated rings. The van der Waals surface area contributed by atoms with Crippen molar-refractivity contribution in [2.45, 2.75) is 13.0 Å². The number of amides is 1. The molecule has 0 saturated heterocycles. The van der Waals surface area contributed by atoms with E-state index in [1.165, 1.54) is 10.8 Å². The van der Waals surface area contributed by atoms with Crippen LogP contribution in [0.2, 0.25) is 0 Å². The number of imidazole rings is 1. The van der Waals surface area contributed by atoms with Gasteiger partial charge in [-0.3, -0.25) is 14.3 Å². The molecule has 1 amide bonds. The van der Waals surface area contributed by atoms with Gasteiger partial charge in [-0.2, -0.15) is 0 Å². The fraction of sp³-hybridized carbons (Fsp3) is 0.167. The van der Waals surface area contributed by atoms with Crippen molar-refractivity contribution in [2.24, 2.45) is 0 Å².